The molecule has 2 aromatic rings. The average Bonchev–Trinajstić information content (AvgIpc) is 2.68. The third-order valence-corrected chi connectivity index (χ3v) is 3.97. The molecule has 1 unspecified atom stereocenters. The molecule has 0 bridgehead atoms. The van der Waals surface area contributed by atoms with E-state index in [1.807, 2.05) is 0 Å². The van der Waals surface area contributed by atoms with Gasteiger partial charge in [0.15, 0.2) is 0 Å². The predicted molar refractivity (Wildman–Crippen MR) is 80.1 cm³/mol. The first-order chi connectivity index (χ1) is 9.47. The Hall–Kier alpha value is -1.42. The van der Waals surface area contributed by atoms with E-state index in [4.69, 9.17) is 34.8 Å². The molecule has 2 aromatic carbocycles. The largest absolute Gasteiger partial charge is 0.508 e. The minimum Gasteiger partial charge on any atom is -0.508 e. The van der Waals surface area contributed by atoms with E-state index in [0.717, 1.165) is 0 Å². The Morgan fingerprint density at radius 3 is 2.55 bits per heavy atom. The van der Waals surface area contributed by atoms with E-state index in [1.165, 1.54) is 6.07 Å². The molecule has 3 rings (SSSR count). The maximum Gasteiger partial charge on any atom is 0.236 e. The van der Waals surface area contributed by atoms with Crippen LogP contribution in [0.5, 0.6) is 5.75 Å². The number of carbonyl (C=O) groups is 1. The molecule has 0 fully saturated rings. The summed E-state index contributed by atoms with van der Waals surface area (Å²) >= 11 is 18.0. The quantitative estimate of drug-likeness (QED) is 0.813. The summed E-state index contributed by atoms with van der Waals surface area (Å²) in [7, 11) is 0. The molecule has 1 amide bonds. The summed E-state index contributed by atoms with van der Waals surface area (Å²) in [5.74, 6) is -0.983. The summed E-state index contributed by atoms with van der Waals surface area (Å²) in [5, 5.41) is 13.9. The third kappa shape index (κ3) is 2.12. The maximum absolute atomic E-state index is 12.2. The van der Waals surface area contributed by atoms with E-state index in [0.29, 0.717) is 31.9 Å². The van der Waals surface area contributed by atoms with Crippen LogP contribution in [0.25, 0.3) is 0 Å². The molecule has 0 saturated heterocycles. The van der Waals surface area contributed by atoms with Crippen LogP contribution in [0.1, 0.15) is 17.0 Å². The topological polar surface area (TPSA) is 49.3 Å². The van der Waals surface area contributed by atoms with E-state index in [1.54, 1.807) is 24.3 Å². The molecule has 0 saturated carbocycles. The lowest BCUT2D eigenvalue weighted by molar-refractivity contribution is -0.116. The van der Waals surface area contributed by atoms with Gasteiger partial charge in [-0.3, -0.25) is 4.79 Å². The van der Waals surface area contributed by atoms with Crippen molar-refractivity contribution >= 4 is 46.4 Å². The number of halogens is 3. The van der Waals surface area contributed by atoms with Gasteiger partial charge >= 0.3 is 0 Å². The summed E-state index contributed by atoms with van der Waals surface area (Å²) in [4.78, 5) is 12.2. The fourth-order valence-electron chi connectivity index (χ4n) is 2.37. The van der Waals surface area contributed by atoms with E-state index in [-0.39, 0.29) is 11.7 Å². The van der Waals surface area contributed by atoms with Crippen molar-refractivity contribution in [3.05, 3.63) is 56.5 Å². The van der Waals surface area contributed by atoms with Gasteiger partial charge in [0, 0.05) is 31.9 Å². The van der Waals surface area contributed by atoms with Gasteiger partial charge in [0.05, 0.1) is 5.92 Å². The van der Waals surface area contributed by atoms with Gasteiger partial charge in [-0.15, -0.1) is 0 Å². The second-order valence-electron chi connectivity index (χ2n) is 4.47. The van der Waals surface area contributed by atoms with Crippen molar-refractivity contribution in [2.45, 2.75) is 5.92 Å². The van der Waals surface area contributed by atoms with Gasteiger partial charge < -0.3 is 10.4 Å². The van der Waals surface area contributed by atoms with Crippen molar-refractivity contribution in [2.75, 3.05) is 5.32 Å². The Balaban J connectivity index is 2.22. The van der Waals surface area contributed by atoms with Crippen LogP contribution < -0.4 is 5.32 Å². The zero-order valence-electron chi connectivity index (χ0n) is 9.95. The van der Waals surface area contributed by atoms with Crippen molar-refractivity contribution in [3.63, 3.8) is 0 Å². The van der Waals surface area contributed by atoms with Gasteiger partial charge in [-0.1, -0.05) is 34.8 Å². The number of benzene rings is 2. The highest BCUT2D eigenvalue weighted by Crippen LogP contribution is 2.45. The number of carbonyl (C=O) groups excluding carboxylic acids is 1. The molecule has 3 nitrogen and oxygen atoms in total. The first-order valence-corrected chi connectivity index (χ1v) is 6.89. The van der Waals surface area contributed by atoms with Crippen LogP contribution in [-0.4, -0.2) is 11.0 Å². The minimum atomic E-state index is -0.700. The molecule has 1 atom stereocenters. The molecule has 20 heavy (non-hydrogen) atoms. The number of aromatic hydroxyl groups is 1. The maximum atomic E-state index is 12.2. The molecule has 0 aromatic heterocycles. The van der Waals surface area contributed by atoms with Crippen molar-refractivity contribution in [1.82, 2.24) is 0 Å². The van der Waals surface area contributed by atoms with Gasteiger partial charge in [0.25, 0.3) is 0 Å². The van der Waals surface area contributed by atoms with E-state index in [9.17, 15) is 9.90 Å². The molecule has 1 aliphatic heterocycles. The number of phenols is 1. The van der Waals surface area contributed by atoms with Crippen LogP contribution in [0.15, 0.2) is 30.3 Å². The lowest BCUT2D eigenvalue weighted by atomic mass is 9.92. The SMILES string of the molecule is O=C1Nc2cc(Cl)cc(Cl)c2C1c1cc(Cl)ccc1O. The summed E-state index contributed by atoms with van der Waals surface area (Å²) in [6.45, 7) is 0. The average molecular weight is 329 g/mol. The van der Waals surface area contributed by atoms with Crippen LogP contribution >= 0.6 is 34.8 Å². The highest BCUT2D eigenvalue weighted by Gasteiger charge is 2.36. The van der Waals surface area contributed by atoms with Crippen molar-refractivity contribution in [1.29, 1.82) is 0 Å². The first-order valence-electron chi connectivity index (χ1n) is 5.75. The number of anilines is 1. The molecule has 1 heterocycles. The molecular weight excluding hydrogens is 321 g/mol. The van der Waals surface area contributed by atoms with E-state index in [2.05, 4.69) is 5.32 Å². The van der Waals surface area contributed by atoms with Crippen LogP contribution in [0, 0.1) is 0 Å². The molecule has 102 valence electrons. The van der Waals surface area contributed by atoms with Crippen LogP contribution in [-0.2, 0) is 4.79 Å². The molecule has 0 radical (unpaired) electrons. The number of rotatable bonds is 1. The zero-order valence-corrected chi connectivity index (χ0v) is 12.2. The Kier molecular flexibility index (Phi) is 3.28. The summed E-state index contributed by atoms with van der Waals surface area (Å²) < 4.78 is 0. The fraction of sp³-hybridized carbons (Fsp3) is 0.0714. The lowest BCUT2D eigenvalue weighted by Gasteiger charge is -2.13. The number of hydrogen-bond acceptors (Lipinski definition) is 2. The van der Waals surface area contributed by atoms with Gasteiger partial charge in [0.2, 0.25) is 5.91 Å². The third-order valence-electron chi connectivity index (χ3n) is 3.20. The van der Waals surface area contributed by atoms with Crippen molar-refractivity contribution in [3.8, 4) is 5.75 Å². The van der Waals surface area contributed by atoms with Gasteiger partial charge in [-0.2, -0.15) is 0 Å². The van der Waals surface area contributed by atoms with E-state index >= 15 is 0 Å². The monoisotopic (exact) mass is 327 g/mol. The predicted octanol–water partition coefficient (Wildman–Crippen LogP) is 4.44. The number of hydrogen-bond donors (Lipinski definition) is 2. The summed E-state index contributed by atoms with van der Waals surface area (Å²) in [6, 6.07) is 7.75. The number of fused-ring (bicyclic) bond motifs is 1. The fourth-order valence-corrected chi connectivity index (χ4v) is 3.15. The van der Waals surface area contributed by atoms with Gasteiger partial charge in [0.1, 0.15) is 5.75 Å². The number of phenolic OH excluding ortho intramolecular Hbond substituents is 1. The smallest absolute Gasteiger partial charge is 0.236 e. The molecule has 0 aliphatic carbocycles. The zero-order chi connectivity index (χ0) is 14.4. The number of nitrogens with one attached hydrogen (secondary N) is 1. The molecule has 2 N–H and O–H groups in total. The minimum absolute atomic E-state index is 0.00610. The van der Waals surface area contributed by atoms with Crippen LogP contribution in [0.4, 0.5) is 5.69 Å². The summed E-state index contributed by atoms with van der Waals surface area (Å²) in [5.41, 5.74) is 1.56. The second kappa shape index (κ2) is 4.85. The highest BCUT2D eigenvalue weighted by molar-refractivity contribution is 6.36. The first kappa shape index (κ1) is 13.6. The number of amides is 1. The second-order valence-corrected chi connectivity index (χ2v) is 5.75. The lowest BCUT2D eigenvalue weighted by Crippen LogP contribution is -2.13. The Morgan fingerprint density at radius 1 is 1.05 bits per heavy atom. The van der Waals surface area contributed by atoms with Gasteiger partial charge in [-0.25, -0.2) is 0 Å². The van der Waals surface area contributed by atoms with E-state index < -0.39 is 5.92 Å². The van der Waals surface area contributed by atoms with Gasteiger partial charge in [-0.05, 0) is 30.3 Å². The normalized spacial score (nSPS) is 16.9. The van der Waals surface area contributed by atoms with Crippen LogP contribution in [0.3, 0.4) is 0 Å². The van der Waals surface area contributed by atoms with Crippen molar-refractivity contribution < 1.29 is 9.90 Å². The molecule has 6 heteroatoms. The summed E-state index contributed by atoms with van der Waals surface area (Å²) in [6.07, 6.45) is 0. The molecular formula is C14H8Cl3NO2. The molecule has 1 aliphatic rings. The van der Waals surface area contributed by atoms with Crippen molar-refractivity contribution in [2.24, 2.45) is 0 Å². The Morgan fingerprint density at radius 2 is 1.80 bits per heavy atom. The standard InChI is InChI=1S/C14H8Cl3NO2/c15-6-1-2-11(19)8(3-6)12-13-9(17)4-7(16)5-10(13)18-14(12)20/h1-5,12,19H,(H,18,20). The van der Waals surface area contributed by atoms with Crippen LogP contribution in [0.2, 0.25) is 15.1 Å². The highest BCUT2D eigenvalue weighted by atomic mass is 35.5. The Labute approximate surface area is 130 Å². The molecule has 0 spiro atoms. The Bertz CT molecular complexity index is 731.